The van der Waals surface area contributed by atoms with Gasteiger partial charge in [-0.2, -0.15) is 0 Å². The number of hydrogen-bond acceptors (Lipinski definition) is 5. The minimum Gasteiger partial charge on any atom is -0.496 e. The fourth-order valence-electron chi connectivity index (χ4n) is 1.64. The van der Waals surface area contributed by atoms with Gasteiger partial charge in [-0.1, -0.05) is 13.3 Å². The Morgan fingerprint density at radius 2 is 1.90 bits per heavy atom. The molecular weight excluding hydrogens is 338 g/mol. The molecule has 0 saturated carbocycles. The number of nitrogens with one attached hydrogen (secondary N) is 1. The van der Waals surface area contributed by atoms with Crippen LogP contribution in [-0.2, 0) is 25.6 Å². The summed E-state index contributed by atoms with van der Waals surface area (Å²) in [6.45, 7) is 1.84. The lowest BCUT2D eigenvalue weighted by atomic mass is 10.2. The van der Waals surface area contributed by atoms with Gasteiger partial charge in [-0.15, -0.1) is 0 Å². The number of rotatable bonds is 8. The van der Waals surface area contributed by atoms with Crippen LogP contribution in [0.15, 0.2) is 23.1 Å². The summed E-state index contributed by atoms with van der Waals surface area (Å²) in [4.78, 5) is -0.104. The topological polar surface area (TPSA) is 89.5 Å². The predicted octanol–water partition coefficient (Wildman–Crippen LogP) is 1.84. The second-order valence-corrected chi connectivity index (χ2v) is 8.90. The lowest BCUT2D eigenvalue weighted by Crippen LogP contribution is -2.26. The van der Waals surface area contributed by atoms with Crippen LogP contribution in [0.3, 0.4) is 0 Å². The molecule has 0 atom stereocenters. The van der Waals surface area contributed by atoms with E-state index in [0.29, 0.717) is 17.7 Å². The van der Waals surface area contributed by atoms with Crippen LogP contribution in [-0.4, -0.2) is 29.7 Å². The molecule has 1 aromatic rings. The highest BCUT2D eigenvalue weighted by Crippen LogP contribution is 2.24. The van der Waals surface area contributed by atoms with Gasteiger partial charge in [0.05, 0.1) is 17.8 Å². The second kappa shape index (κ2) is 7.44. The zero-order valence-electron chi connectivity index (χ0n) is 11.8. The standard InChI is InChI=1S/C12H18ClNO5S2/c1-3-4-7-20(15,16)14-9-10-8-11(21(13,17)18)5-6-12(10)19-2/h5-6,8,14H,3-4,7,9H2,1-2H3. The normalized spacial score (nSPS) is 12.3. The van der Waals surface area contributed by atoms with Gasteiger partial charge in [0.2, 0.25) is 10.0 Å². The van der Waals surface area contributed by atoms with Crippen molar-refractivity contribution < 1.29 is 21.6 Å². The Morgan fingerprint density at radius 1 is 1.24 bits per heavy atom. The van der Waals surface area contributed by atoms with Crippen LogP contribution in [0, 0.1) is 0 Å². The summed E-state index contributed by atoms with van der Waals surface area (Å²) in [7, 11) is -0.589. The molecule has 0 amide bonds. The molecule has 0 spiro atoms. The number of methoxy groups -OCH3 is 1. The van der Waals surface area contributed by atoms with Crippen molar-refractivity contribution in [1.29, 1.82) is 0 Å². The van der Waals surface area contributed by atoms with Crippen molar-refractivity contribution in [3.63, 3.8) is 0 Å². The molecule has 1 aromatic carbocycles. The van der Waals surface area contributed by atoms with Crippen molar-refractivity contribution in [2.24, 2.45) is 0 Å². The molecule has 0 radical (unpaired) electrons. The first-order chi connectivity index (χ1) is 9.69. The fourth-order valence-corrected chi connectivity index (χ4v) is 3.63. The number of sulfonamides is 1. The van der Waals surface area contributed by atoms with Crippen LogP contribution >= 0.6 is 10.7 Å². The maximum Gasteiger partial charge on any atom is 0.261 e. The first kappa shape index (κ1) is 18.2. The Hall–Kier alpha value is -0.830. The minimum atomic E-state index is -3.88. The first-order valence-electron chi connectivity index (χ1n) is 6.28. The molecule has 0 unspecified atom stereocenters. The van der Waals surface area contributed by atoms with Crippen LogP contribution < -0.4 is 9.46 Å². The van der Waals surface area contributed by atoms with Gasteiger partial charge < -0.3 is 4.74 Å². The molecule has 0 fully saturated rings. The van der Waals surface area contributed by atoms with Crippen molar-refractivity contribution in [3.05, 3.63) is 23.8 Å². The highest BCUT2D eigenvalue weighted by atomic mass is 35.7. The van der Waals surface area contributed by atoms with Gasteiger partial charge in [0.25, 0.3) is 9.05 Å². The van der Waals surface area contributed by atoms with E-state index in [4.69, 9.17) is 15.4 Å². The quantitative estimate of drug-likeness (QED) is 0.719. The average Bonchev–Trinajstić information content (AvgIpc) is 2.41. The molecule has 6 nitrogen and oxygen atoms in total. The Kier molecular flexibility index (Phi) is 6.45. The summed E-state index contributed by atoms with van der Waals surface area (Å²) in [6.07, 6.45) is 1.33. The highest BCUT2D eigenvalue weighted by molar-refractivity contribution is 8.13. The molecule has 0 saturated heterocycles. The van der Waals surface area contributed by atoms with Crippen LogP contribution in [0.2, 0.25) is 0 Å². The number of ether oxygens (including phenoxy) is 1. The molecule has 1 rings (SSSR count). The molecule has 1 N–H and O–H groups in total. The maximum atomic E-state index is 11.7. The van der Waals surface area contributed by atoms with E-state index in [0.717, 1.165) is 6.42 Å². The van der Waals surface area contributed by atoms with E-state index in [1.807, 2.05) is 6.92 Å². The zero-order chi connectivity index (χ0) is 16.1. The van der Waals surface area contributed by atoms with Crippen LogP contribution in [0.25, 0.3) is 0 Å². The third-order valence-corrected chi connectivity index (χ3v) is 5.54. The summed E-state index contributed by atoms with van der Waals surface area (Å²) < 4.78 is 53.6. The average molecular weight is 356 g/mol. The SMILES string of the molecule is CCCCS(=O)(=O)NCc1cc(S(=O)(=O)Cl)ccc1OC. The van der Waals surface area contributed by atoms with E-state index in [1.54, 1.807) is 0 Å². The summed E-state index contributed by atoms with van der Waals surface area (Å²) in [6, 6.07) is 4.03. The third kappa shape index (κ3) is 5.82. The molecule has 0 aliphatic carbocycles. The van der Waals surface area contributed by atoms with E-state index >= 15 is 0 Å². The summed E-state index contributed by atoms with van der Waals surface area (Å²) in [5, 5.41) is 0. The van der Waals surface area contributed by atoms with Crippen molar-refractivity contribution in [3.8, 4) is 5.75 Å². The van der Waals surface area contributed by atoms with Crippen molar-refractivity contribution in [2.45, 2.75) is 31.2 Å². The molecular formula is C12H18ClNO5S2. The van der Waals surface area contributed by atoms with E-state index in [-0.39, 0.29) is 17.2 Å². The summed E-state index contributed by atoms with van der Waals surface area (Å²) in [5.74, 6) is 0.413. The minimum absolute atomic E-state index is 0.0271. The van der Waals surface area contributed by atoms with Crippen molar-refractivity contribution in [2.75, 3.05) is 12.9 Å². The van der Waals surface area contributed by atoms with Gasteiger partial charge in [-0.3, -0.25) is 0 Å². The molecule has 0 aromatic heterocycles. The largest absolute Gasteiger partial charge is 0.496 e. The lowest BCUT2D eigenvalue weighted by molar-refractivity contribution is 0.408. The Labute approximate surface area is 129 Å². The van der Waals surface area contributed by atoms with Gasteiger partial charge in [-0.05, 0) is 24.6 Å². The molecule has 0 bridgehead atoms. The maximum absolute atomic E-state index is 11.7. The van der Waals surface area contributed by atoms with Crippen LogP contribution in [0.4, 0.5) is 0 Å². The van der Waals surface area contributed by atoms with Crippen LogP contribution in [0.5, 0.6) is 5.75 Å². The second-order valence-electron chi connectivity index (χ2n) is 4.41. The Morgan fingerprint density at radius 3 is 2.43 bits per heavy atom. The predicted molar refractivity (Wildman–Crippen MR) is 81.6 cm³/mol. The number of hydrogen-bond donors (Lipinski definition) is 1. The van der Waals surface area contributed by atoms with E-state index in [1.165, 1.54) is 25.3 Å². The van der Waals surface area contributed by atoms with Crippen molar-refractivity contribution >= 4 is 29.8 Å². The molecule has 0 aliphatic rings. The van der Waals surface area contributed by atoms with Crippen LogP contribution in [0.1, 0.15) is 25.3 Å². The van der Waals surface area contributed by atoms with Gasteiger partial charge in [0, 0.05) is 22.8 Å². The molecule has 21 heavy (non-hydrogen) atoms. The third-order valence-electron chi connectivity index (χ3n) is 2.78. The first-order valence-corrected chi connectivity index (χ1v) is 10.2. The molecule has 9 heteroatoms. The van der Waals surface area contributed by atoms with E-state index in [2.05, 4.69) is 4.72 Å². The zero-order valence-corrected chi connectivity index (χ0v) is 14.2. The van der Waals surface area contributed by atoms with E-state index < -0.39 is 19.1 Å². The molecule has 120 valence electrons. The smallest absolute Gasteiger partial charge is 0.261 e. The summed E-state index contributed by atoms with van der Waals surface area (Å²) in [5.41, 5.74) is 0.402. The van der Waals surface area contributed by atoms with Crippen molar-refractivity contribution in [1.82, 2.24) is 4.72 Å². The van der Waals surface area contributed by atoms with Gasteiger partial charge in [0.15, 0.2) is 0 Å². The Bertz CT molecular complexity index is 686. The van der Waals surface area contributed by atoms with Gasteiger partial charge in [-0.25, -0.2) is 21.6 Å². The summed E-state index contributed by atoms with van der Waals surface area (Å²) >= 11 is 0. The van der Waals surface area contributed by atoms with Gasteiger partial charge in [0.1, 0.15) is 5.75 Å². The molecule has 0 heterocycles. The monoisotopic (exact) mass is 355 g/mol. The number of benzene rings is 1. The van der Waals surface area contributed by atoms with Gasteiger partial charge >= 0.3 is 0 Å². The molecule has 0 aliphatic heterocycles. The lowest BCUT2D eigenvalue weighted by Gasteiger charge is -2.11. The fraction of sp³-hybridized carbons (Fsp3) is 0.500. The highest BCUT2D eigenvalue weighted by Gasteiger charge is 2.15. The number of halogens is 1. The Balaban J connectivity index is 2.96. The van der Waals surface area contributed by atoms with E-state index in [9.17, 15) is 16.8 Å². The number of unbranched alkanes of at least 4 members (excludes halogenated alkanes) is 1.